The number of nitrogens with zero attached hydrogens (tertiary/aromatic N) is 2. The quantitative estimate of drug-likeness (QED) is 0.544. The molecule has 17 heavy (non-hydrogen) atoms. The van der Waals surface area contributed by atoms with E-state index < -0.39 is 9.84 Å². The highest BCUT2D eigenvalue weighted by Crippen LogP contribution is 2.07. The Morgan fingerprint density at radius 1 is 1.53 bits per heavy atom. The van der Waals surface area contributed by atoms with E-state index in [1.165, 1.54) is 6.26 Å². The van der Waals surface area contributed by atoms with Crippen LogP contribution in [0.3, 0.4) is 0 Å². The Morgan fingerprint density at radius 2 is 2.24 bits per heavy atom. The number of pyridine rings is 1. The highest BCUT2D eigenvalue weighted by molar-refractivity contribution is 7.90. The van der Waals surface area contributed by atoms with Crippen molar-refractivity contribution in [3.8, 4) is 0 Å². The number of hydrogen-bond acceptors (Lipinski definition) is 6. The van der Waals surface area contributed by atoms with Crippen LogP contribution in [-0.4, -0.2) is 43.9 Å². The van der Waals surface area contributed by atoms with Crippen LogP contribution in [0.2, 0.25) is 0 Å². The molecule has 6 nitrogen and oxygen atoms in total. The third-order valence-corrected chi connectivity index (χ3v) is 3.18. The van der Waals surface area contributed by atoms with Gasteiger partial charge in [0.05, 0.1) is 17.1 Å². The largest absolute Gasteiger partial charge is 0.324 e. The molecule has 1 aromatic rings. The van der Waals surface area contributed by atoms with Crippen molar-refractivity contribution in [2.75, 3.05) is 31.0 Å². The predicted octanol–water partition coefficient (Wildman–Crippen LogP) is -0.156. The van der Waals surface area contributed by atoms with E-state index in [-0.39, 0.29) is 5.75 Å². The average molecular weight is 258 g/mol. The second-order valence-electron chi connectivity index (χ2n) is 4.05. The number of hydrogen-bond donors (Lipinski definition) is 2. The van der Waals surface area contributed by atoms with Crippen molar-refractivity contribution >= 4 is 15.5 Å². The summed E-state index contributed by atoms with van der Waals surface area (Å²) in [4.78, 5) is 6.09. The van der Waals surface area contributed by atoms with Gasteiger partial charge in [0.2, 0.25) is 0 Å². The zero-order valence-electron chi connectivity index (χ0n) is 10.0. The lowest BCUT2D eigenvalue weighted by Crippen LogP contribution is -2.25. The van der Waals surface area contributed by atoms with Gasteiger partial charge in [0, 0.05) is 25.5 Å². The summed E-state index contributed by atoms with van der Waals surface area (Å²) in [6, 6.07) is 3.59. The number of aromatic nitrogens is 1. The van der Waals surface area contributed by atoms with Crippen LogP contribution < -0.4 is 11.3 Å². The van der Waals surface area contributed by atoms with E-state index in [0.29, 0.717) is 13.1 Å². The van der Waals surface area contributed by atoms with Crippen LogP contribution in [-0.2, 0) is 16.4 Å². The van der Waals surface area contributed by atoms with Crippen LogP contribution in [0.1, 0.15) is 5.69 Å². The number of rotatable bonds is 6. The zero-order chi connectivity index (χ0) is 12.9. The van der Waals surface area contributed by atoms with Gasteiger partial charge in [0.25, 0.3) is 0 Å². The highest BCUT2D eigenvalue weighted by Gasteiger charge is 2.07. The maximum Gasteiger partial charge on any atom is 0.148 e. The number of hydrazine groups is 1. The third kappa shape index (κ3) is 5.62. The average Bonchev–Trinajstić information content (AvgIpc) is 2.26. The smallest absolute Gasteiger partial charge is 0.148 e. The summed E-state index contributed by atoms with van der Waals surface area (Å²) < 4.78 is 22.0. The minimum Gasteiger partial charge on any atom is -0.324 e. The summed E-state index contributed by atoms with van der Waals surface area (Å²) in [6.07, 6.45) is 2.90. The van der Waals surface area contributed by atoms with Crippen LogP contribution in [0, 0.1) is 0 Å². The Labute approximate surface area is 102 Å². The highest BCUT2D eigenvalue weighted by atomic mass is 32.2. The fourth-order valence-corrected chi connectivity index (χ4v) is 1.98. The van der Waals surface area contributed by atoms with Crippen molar-refractivity contribution in [3.63, 3.8) is 0 Å². The molecule has 0 bridgehead atoms. The first-order valence-electron chi connectivity index (χ1n) is 5.18. The van der Waals surface area contributed by atoms with E-state index in [4.69, 9.17) is 5.84 Å². The number of nitrogen functional groups attached to an aromatic ring is 1. The molecule has 0 spiro atoms. The molecule has 0 atom stereocenters. The van der Waals surface area contributed by atoms with Gasteiger partial charge in [-0.1, -0.05) is 0 Å². The normalized spacial score (nSPS) is 11.8. The first kappa shape index (κ1) is 13.9. The second-order valence-corrected chi connectivity index (χ2v) is 6.31. The maximum absolute atomic E-state index is 11.0. The molecule has 0 aliphatic heterocycles. The molecule has 0 amide bonds. The SMILES string of the molecule is CN(CCS(C)(=O)=O)Cc1cc(NN)ccn1. The monoisotopic (exact) mass is 258 g/mol. The number of sulfone groups is 1. The van der Waals surface area contributed by atoms with Gasteiger partial charge in [-0.15, -0.1) is 0 Å². The molecule has 7 heteroatoms. The standard InChI is InChI=1S/C10H18N4O2S/c1-14(5-6-17(2,15)16)8-10-7-9(13-11)3-4-12-10/h3-4,7H,5-6,8,11H2,1-2H3,(H,12,13). The van der Waals surface area contributed by atoms with Crippen molar-refractivity contribution in [3.05, 3.63) is 24.0 Å². The van der Waals surface area contributed by atoms with Gasteiger partial charge in [0.15, 0.2) is 0 Å². The number of anilines is 1. The van der Waals surface area contributed by atoms with Crippen molar-refractivity contribution < 1.29 is 8.42 Å². The number of nitrogens with one attached hydrogen (secondary N) is 1. The van der Waals surface area contributed by atoms with Crippen LogP contribution >= 0.6 is 0 Å². The van der Waals surface area contributed by atoms with Crippen LogP contribution in [0.15, 0.2) is 18.3 Å². The zero-order valence-corrected chi connectivity index (χ0v) is 10.9. The van der Waals surface area contributed by atoms with Gasteiger partial charge in [0.1, 0.15) is 9.84 Å². The topological polar surface area (TPSA) is 88.3 Å². The van der Waals surface area contributed by atoms with Crippen molar-refractivity contribution in [1.82, 2.24) is 9.88 Å². The molecule has 0 aliphatic carbocycles. The molecule has 0 saturated heterocycles. The lowest BCUT2D eigenvalue weighted by molar-refractivity contribution is 0.342. The predicted molar refractivity (Wildman–Crippen MR) is 68.1 cm³/mol. The summed E-state index contributed by atoms with van der Waals surface area (Å²) in [5, 5.41) is 0. The molecule has 0 unspecified atom stereocenters. The fourth-order valence-electron chi connectivity index (χ4n) is 1.33. The molecular weight excluding hydrogens is 240 g/mol. The molecule has 0 aromatic carbocycles. The number of nitrogens with two attached hydrogens (primary N) is 1. The van der Waals surface area contributed by atoms with E-state index in [9.17, 15) is 8.42 Å². The van der Waals surface area contributed by atoms with Gasteiger partial charge in [-0.3, -0.25) is 15.7 Å². The molecule has 0 saturated carbocycles. The summed E-state index contributed by atoms with van der Waals surface area (Å²) in [7, 11) is -1.06. The van der Waals surface area contributed by atoms with E-state index in [1.54, 1.807) is 12.3 Å². The first-order chi connectivity index (χ1) is 7.90. The molecular formula is C10H18N4O2S. The lowest BCUT2D eigenvalue weighted by atomic mass is 10.3. The van der Waals surface area contributed by atoms with Crippen LogP contribution in [0.5, 0.6) is 0 Å². The Morgan fingerprint density at radius 3 is 2.82 bits per heavy atom. The Hall–Kier alpha value is -1.18. The summed E-state index contributed by atoms with van der Waals surface area (Å²) in [6.45, 7) is 1.08. The van der Waals surface area contributed by atoms with Gasteiger partial charge >= 0.3 is 0 Å². The molecule has 0 radical (unpaired) electrons. The minimum absolute atomic E-state index is 0.151. The summed E-state index contributed by atoms with van der Waals surface area (Å²) in [5.74, 6) is 5.45. The second kappa shape index (κ2) is 5.95. The summed E-state index contributed by atoms with van der Waals surface area (Å²) in [5.41, 5.74) is 4.17. The van der Waals surface area contributed by atoms with Crippen LogP contribution in [0.4, 0.5) is 5.69 Å². The van der Waals surface area contributed by atoms with E-state index in [1.807, 2.05) is 18.0 Å². The molecule has 96 valence electrons. The molecule has 0 aliphatic rings. The lowest BCUT2D eigenvalue weighted by Gasteiger charge is -2.15. The Bertz CT molecular complexity index is 461. The van der Waals surface area contributed by atoms with Crippen molar-refractivity contribution in [2.24, 2.45) is 5.84 Å². The Kier molecular flexibility index (Phi) is 4.86. The first-order valence-corrected chi connectivity index (χ1v) is 7.24. The van der Waals surface area contributed by atoms with Gasteiger partial charge < -0.3 is 5.43 Å². The molecule has 1 aromatic heterocycles. The molecule has 0 fully saturated rings. The van der Waals surface area contributed by atoms with Crippen molar-refractivity contribution in [2.45, 2.75) is 6.54 Å². The van der Waals surface area contributed by atoms with Crippen molar-refractivity contribution in [1.29, 1.82) is 0 Å². The molecule has 1 rings (SSSR count). The minimum atomic E-state index is -2.92. The van der Waals surface area contributed by atoms with E-state index >= 15 is 0 Å². The van der Waals surface area contributed by atoms with E-state index in [2.05, 4.69) is 10.4 Å². The summed E-state index contributed by atoms with van der Waals surface area (Å²) >= 11 is 0. The van der Waals surface area contributed by atoms with Gasteiger partial charge in [-0.25, -0.2) is 8.42 Å². The van der Waals surface area contributed by atoms with E-state index in [0.717, 1.165) is 11.4 Å². The Balaban J connectivity index is 2.52. The molecule has 1 heterocycles. The van der Waals surface area contributed by atoms with Gasteiger partial charge in [-0.2, -0.15) is 0 Å². The maximum atomic E-state index is 11.0. The fraction of sp³-hybridized carbons (Fsp3) is 0.500. The van der Waals surface area contributed by atoms with Gasteiger partial charge in [-0.05, 0) is 19.2 Å². The third-order valence-electron chi connectivity index (χ3n) is 2.26. The molecule has 3 N–H and O–H groups in total. The van der Waals surface area contributed by atoms with Crippen LogP contribution in [0.25, 0.3) is 0 Å².